The lowest BCUT2D eigenvalue weighted by molar-refractivity contribution is -0.136. The second kappa shape index (κ2) is 6.79. The Bertz CT molecular complexity index is 473. The van der Waals surface area contributed by atoms with E-state index in [1.54, 1.807) is 4.90 Å². The third kappa shape index (κ3) is 3.54. The van der Waals surface area contributed by atoms with Gasteiger partial charge in [-0.3, -0.25) is 4.79 Å². The number of hydrogen-bond donors (Lipinski definition) is 1. The van der Waals surface area contributed by atoms with Gasteiger partial charge in [0.05, 0.1) is 5.92 Å². The van der Waals surface area contributed by atoms with E-state index in [1.807, 2.05) is 6.92 Å². The molecule has 1 saturated heterocycles. The lowest BCUT2D eigenvalue weighted by atomic mass is 9.98. The van der Waals surface area contributed by atoms with E-state index < -0.39 is 11.6 Å². The molecule has 1 N–H and O–H groups in total. The minimum Gasteiger partial charge on any atom is -0.338 e. The molecule has 20 heavy (non-hydrogen) atoms. The van der Waals surface area contributed by atoms with Gasteiger partial charge in [-0.25, -0.2) is 8.78 Å². The molecule has 1 heterocycles. The van der Waals surface area contributed by atoms with Crippen LogP contribution >= 0.6 is 0 Å². The van der Waals surface area contributed by atoms with E-state index in [0.29, 0.717) is 25.2 Å². The Kier molecular flexibility index (Phi) is 5.06. The van der Waals surface area contributed by atoms with E-state index in [4.69, 9.17) is 0 Å². The van der Waals surface area contributed by atoms with Gasteiger partial charge in [-0.1, -0.05) is 6.07 Å². The molecule has 0 bridgehead atoms. The fourth-order valence-corrected chi connectivity index (χ4v) is 2.52. The van der Waals surface area contributed by atoms with Crippen LogP contribution in [0.25, 0.3) is 0 Å². The Balaban J connectivity index is 2.03. The molecule has 1 amide bonds. The van der Waals surface area contributed by atoms with Crippen LogP contribution in [0.1, 0.15) is 25.3 Å². The molecule has 110 valence electrons. The van der Waals surface area contributed by atoms with Crippen molar-refractivity contribution in [1.82, 2.24) is 10.2 Å². The van der Waals surface area contributed by atoms with E-state index in [1.165, 1.54) is 6.07 Å². The average molecular weight is 282 g/mol. The number of benzene rings is 1. The number of nitrogens with one attached hydrogen (secondary N) is 1. The van der Waals surface area contributed by atoms with E-state index in [2.05, 4.69) is 5.32 Å². The largest absolute Gasteiger partial charge is 0.338 e. The smallest absolute Gasteiger partial charge is 0.227 e. The van der Waals surface area contributed by atoms with Crippen molar-refractivity contribution in [2.75, 3.05) is 19.6 Å². The van der Waals surface area contributed by atoms with Gasteiger partial charge >= 0.3 is 0 Å². The van der Waals surface area contributed by atoms with Crippen molar-refractivity contribution in [2.24, 2.45) is 5.92 Å². The molecule has 1 fully saturated rings. The normalized spacial score (nSPS) is 18.9. The standard InChI is InChI=1S/C15H20F2N2O/c1-2-19(15(20)12-4-3-7-18-9-12)10-11-5-6-13(16)14(17)8-11/h5-6,8,12,18H,2-4,7,9-10H2,1H3/t12-/m1/s1. The van der Waals surface area contributed by atoms with Crippen LogP contribution in [0.15, 0.2) is 18.2 Å². The molecule has 0 spiro atoms. The zero-order valence-corrected chi connectivity index (χ0v) is 11.7. The van der Waals surface area contributed by atoms with Gasteiger partial charge in [0.15, 0.2) is 11.6 Å². The highest BCUT2D eigenvalue weighted by Crippen LogP contribution is 2.16. The van der Waals surface area contributed by atoms with Crippen molar-refractivity contribution >= 4 is 5.91 Å². The summed E-state index contributed by atoms with van der Waals surface area (Å²) in [7, 11) is 0. The highest BCUT2D eigenvalue weighted by atomic mass is 19.2. The summed E-state index contributed by atoms with van der Waals surface area (Å²) >= 11 is 0. The monoisotopic (exact) mass is 282 g/mol. The van der Waals surface area contributed by atoms with Crippen LogP contribution in [0.4, 0.5) is 8.78 Å². The molecule has 1 atom stereocenters. The lowest BCUT2D eigenvalue weighted by Gasteiger charge is -2.29. The molecule has 0 unspecified atom stereocenters. The van der Waals surface area contributed by atoms with Crippen LogP contribution in [0, 0.1) is 17.6 Å². The van der Waals surface area contributed by atoms with Crippen LogP contribution in [-0.2, 0) is 11.3 Å². The predicted octanol–water partition coefficient (Wildman–Crippen LogP) is 2.31. The molecule has 2 rings (SSSR count). The van der Waals surface area contributed by atoms with Crippen molar-refractivity contribution < 1.29 is 13.6 Å². The van der Waals surface area contributed by atoms with Crippen molar-refractivity contribution in [3.05, 3.63) is 35.4 Å². The molecule has 5 heteroatoms. The van der Waals surface area contributed by atoms with Crippen LogP contribution < -0.4 is 5.32 Å². The summed E-state index contributed by atoms with van der Waals surface area (Å²) in [6.45, 7) is 4.44. The lowest BCUT2D eigenvalue weighted by Crippen LogP contribution is -2.42. The summed E-state index contributed by atoms with van der Waals surface area (Å²) in [4.78, 5) is 14.1. The Hall–Kier alpha value is -1.49. The second-order valence-electron chi connectivity index (χ2n) is 5.14. The molecular formula is C15H20F2N2O. The van der Waals surface area contributed by atoms with E-state index in [-0.39, 0.29) is 11.8 Å². The Labute approximate surface area is 118 Å². The number of piperidine rings is 1. The highest BCUT2D eigenvalue weighted by Gasteiger charge is 2.25. The first kappa shape index (κ1) is 14.9. The minimum absolute atomic E-state index is 0.00556. The van der Waals surface area contributed by atoms with E-state index in [0.717, 1.165) is 31.5 Å². The maximum absolute atomic E-state index is 13.2. The SMILES string of the molecule is CCN(Cc1ccc(F)c(F)c1)C(=O)[C@@H]1CCCNC1. The molecule has 1 aromatic carbocycles. The zero-order valence-electron chi connectivity index (χ0n) is 11.7. The maximum Gasteiger partial charge on any atom is 0.227 e. The topological polar surface area (TPSA) is 32.3 Å². The van der Waals surface area contributed by atoms with Gasteiger partial charge in [0.25, 0.3) is 0 Å². The molecule has 0 aliphatic carbocycles. The molecular weight excluding hydrogens is 262 g/mol. The van der Waals surface area contributed by atoms with Gasteiger partial charge in [-0.05, 0) is 44.0 Å². The van der Waals surface area contributed by atoms with Crippen molar-refractivity contribution in [2.45, 2.75) is 26.3 Å². The zero-order chi connectivity index (χ0) is 14.5. The Morgan fingerprint density at radius 2 is 2.20 bits per heavy atom. The van der Waals surface area contributed by atoms with Gasteiger partial charge in [-0.2, -0.15) is 0 Å². The van der Waals surface area contributed by atoms with Gasteiger partial charge in [0, 0.05) is 19.6 Å². The molecule has 1 aliphatic rings. The van der Waals surface area contributed by atoms with Crippen molar-refractivity contribution in [3.8, 4) is 0 Å². The molecule has 1 aliphatic heterocycles. The third-order valence-corrected chi connectivity index (χ3v) is 3.70. The number of rotatable bonds is 4. The number of hydrogen-bond acceptors (Lipinski definition) is 2. The molecule has 0 aromatic heterocycles. The predicted molar refractivity (Wildman–Crippen MR) is 73.0 cm³/mol. The number of amides is 1. The van der Waals surface area contributed by atoms with Crippen LogP contribution in [0.2, 0.25) is 0 Å². The molecule has 1 aromatic rings. The first-order valence-electron chi connectivity index (χ1n) is 7.05. The van der Waals surface area contributed by atoms with Gasteiger partial charge in [-0.15, -0.1) is 0 Å². The van der Waals surface area contributed by atoms with Gasteiger partial charge in [0.2, 0.25) is 5.91 Å². The fourth-order valence-electron chi connectivity index (χ4n) is 2.52. The number of carbonyl (C=O) groups is 1. The van der Waals surface area contributed by atoms with Gasteiger partial charge in [0.1, 0.15) is 0 Å². The maximum atomic E-state index is 13.2. The summed E-state index contributed by atoms with van der Waals surface area (Å²) in [6.07, 6.45) is 1.89. The average Bonchev–Trinajstić information content (AvgIpc) is 2.48. The first-order valence-corrected chi connectivity index (χ1v) is 7.05. The molecule has 0 saturated carbocycles. The van der Waals surface area contributed by atoms with Gasteiger partial charge < -0.3 is 10.2 Å². The summed E-state index contributed by atoms with van der Waals surface area (Å²) in [5.74, 6) is -1.65. The first-order chi connectivity index (χ1) is 9.61. The summed E-state index contributed by atoms with van der Waals surface area (Å²) in [6, 6.07) is 3.78. The summed E-state index contributed by atoms with van der Waals surface area (Å²) in [5.41, 5.74) is 0.614. The van der Waals surface area contributed by atoms with Crippen LogP contribution in [0.3, 0.4) is 0 Å². The van der Waals surface area contributed by atoms with Crippen LogP contribution in [-0.4, -0.2) is 30.4 Å². The number of halogens is 2. The van der Waals surface area contributed by atoms with E-state index in [9.17, 15) is 13.6 Å². The van der Waals surface area contributed by atoms with Crippen molar-refractivity contribution in [1.29, 1.82) is 0 Å². The minimum atomic E-state index is -0.870. The summed E-state index contributed by atoms with van der Waals surface area (Å²) < 4.78 is 26.1. The second-order valence-corrected chi connectivity index (χ2v) is 5.14. The number of nitrogens with zero attached hydrogens (tertiary/aromatic N) is 1. The molecule has 0 radical (unpaired) electrons. The summed E-state index contributed by atoms with van der Waals surface area (Å²) in [5, 5.41) is 3.22. The van der Waals surface area contributed by atoms with Crippen molar-refractivity contribution in [3.63, 3.8) is 0 Å². The third-order valence-electron chi connectivity index (χ3n) is 3.70. The fraction of sp³-hybridized carbons (Fsp3) is 0.533. The van der Waals surface area contributed by atoms with Crippen LogP contribution in [0.5, 0.6) is 0 Å². The Morgan fingerprint density at radius 1 is 1.40 bits per heavy atom. The van der Waals surface area contributed by atoms with E-state index >= 15 is 0 Å². The Morgan fingerprint density at radius 3 is 2.80 bits per heavy atom. The quantitative estimate of drug-likeness (QED) is 0.919. The molecule has 3 nitrogen and oxygen atoms in total. The highest BCUT2D eigenvalue weighted by molar-refractivity contribution is 5.79. The number of carbonyl (C=O) groups excluding carboxylic acids is 1.